The molecule has 0 saturated heterocycles. The Kier molecular flexibility index (Phi) is 15.9. The second kappa shape index (κ2) is 16.0. The summed E-state index contributed by atoms with van der Waals surface area (Å²) in [6.45, 7) is 0. The number of hydrogen-bond acceptors (Lipinski definition) is 7. The van der Waals surface area contributed by atoms with Gasteiger partial charge < -0.3 is 35.5 Å². The van der Waals surface area contributed by atoms with E-state index in [1.807, 2.05) is 0 Å². The maximum atomic E-state index is 13.2. The minimum absolute atomic E-state index is 0. The molecule has 43 heavy (non-hydrogen) atoms. The maximum absolute atomic E-state index is 13.2. The molecule has 4 N–H and O–H groups in total. The number of benzene rings is 4. The number of phenolic OH excluding ortho intramolecular Hbond substituents is 4. The van der Waals surface area contributed by atoms with Crippen LogP contribution in [0.1, 0.15) is 0 Å². The average Bonchev–Trinajstić information content (AvgIpc) is 2.89. The van der Waals surface area contributed by atoms with Crippen LogP contribution in [0.5, 0.6) is 23.0 Å². The molecule has 216 valence electrons. The predicted octanol–water partition coefficient (Wildman–Crippen LogP) is -6.76. The first kappa shape index (κ1) is 42.6. The quantitative estimate of drug-likeness (QED) is 0.0873. The molecule has 0 aliphatic heterocycles. The van der Waals surface area contributed by atoms with Gasteiger partial charge in [-0.1, -0.05) is 0 Å². The van der Waals surface area contributed by atoms with E-state index in [4.69, 9.17) is 35.5 Å². The molecule has 0 bridgehead atoms. The summed E-state index contributed by atoms with van der Waals surface area (Å²) in [5.74, 6) is -33.3. The number of rotatable bonds is 0. The summed E-state index contributed by atoms with van der Waals surface area (Å²) in [6.07, 6.45) is 0. The number of hydrogen-bond donors (Lipinski definition) is 4. The molecule has 4 rings (SSSR count). The van der Waals surface area contributed by atoms with Crippen LogP contribution in [-0.4, -0.2) is 27.7 Å². The van der Waals surface area contributed by atoms with Gasteiger partial charge in [0, 0.05) is 0 Å². The molecule has 0 heterocycles. The van der Waals surface area contributed by atoms with Crippen molar-refractivity contribution < 1.29 is 145 Å². The van der Waals surface area contributed by atoms with E-state index < -0.39 is 122 Å². The van der Waals surface area contributed by atoms with E-state index in [9.17, 15) is 52.7 Å². The summed E-state index contributed by atoms with van der Waals surface area (Å²) < 4.78 is 156. The monoisotopic (exact) mass is 616 g/mol. The zero-order chi connectivity index (χ0) is 31.1. The van der Waals surface area contributed by atoms with Crippen molar-refractivity contribution in [1.29, 1.82) is 0 Å². The Labute approximate surface area is 265 Å². The van der Waals surface area contributed by atoms with Crippen molar-refractivity contribution in [2.45, 2.75) is 0 Å². The van der Waals surface area contributed by atoms with Crippen molar-refractivity contribution in [3.8, 4) is 23.0 Å². The Hall–Kier alpha value is -2.50. The zero-order valence-electron chi connectivity index (χ0n) is 21.1. The van der Waals surface area contributed by atoms with Gasteiger partial charge in [0.1, 0.15) is 0 Å². The van der Waals surface area contributed by atoms with Gasteiger partial charge in [0.05, 0.1) is 21.5 Å². The molecule has 4 aromatic rings. The van der Waals surface area contributed by atoms with E-state index in [0.29, 0.717) is 0 Å². The molecule has 0 aliphatic rings. The Morgan fingerprint density at radius 2 is 0.442 bits per heavy atom. The topological polar surface area (TPSA) is 150 Å². The SMILES string of the molecule is Oc1c(F)c(F)c(F)c2c(F)c(F)c(F)c(O)c12.Oc1c(F)c(F)c(F)c2c(F)c(F)c(F)c(O)c12.[Li+].[Li+].[Li+].[O-]B([O-])[O-]. The van der Waals surface area contributed by atoms with Crippen LogP contribution < -0.4 is 71.7 Å². The largest absolute Gasteiger partial charge is 1.00 e. The van der Waals surface area contributed by atoms with Crippen molar-refractivity contribution in [2.24, 2.45) is 0 Å². The maximum Gasteiger partial charge on any atom is 1.00 e. The van der Waals surface area contributed by atoms with Crippen molar-refractivity contribution in [3.63, 3.8) is 0 Å². The molecule has 0 atom stereocenters. The molecule has 0 radical (unpaired) electrons. The van der Waals surface area contributed by atoms with Gasteiger partial charge in [-0.05, 0) is 0 Å². The summed E-state index contributed by atoms with van der Waals surface area (Å²) >= 11 is 0. The Morgan fingerprint density at radius 3 is 0.581 bits per heavy atom. The van der Waals surface area contributed by atoms with E-state index >= 15 is 0 Å². The summed E-state index contributed by atoms with van der Waals surface area (Å²) in [4.78, 5) is 0. The third-order valence-electron chi connectivity index (χ3n) is 4.70. The molecule has 0 fully saturated rings. The number of halogens is 12. The summed E-state index contributed by atoms with van der Waals surface area (Å²) in [5.41, 5.74) is 0. The molecular formula is C20H4BF12Li3O7. The first-order chi connectivity index (χ1) is 18.3. The Bertz CT molecular complexity index is 1330. The van der Waals surface area contributed by atoms with Crippen LogP contribution >= 0.6 is 0 Å². The van der Waals surface area contributed by atoms with Crippen molar-refractivity contribution in [2.75, 3.05) is 0 Å². The first-order valence-electron chi connectivity index (χ1n) is 9.37. The van der Waals surface area contributed by atoms with Gasteiger partial charge in [-0.3, -0.25) is 7.32 Å². The smallest absolute Gasteiger partial charge is 0.907 e. The number of phenols is 4. The van der Waals surface area contributed by atoms with E-state index in [2.05, 4.69) is 0 Å². The number of fused-ring (bicyclic) bond motifs is 2. The molecule has 23 heteroatoms. The molecule has 0 spiro atoms. The average molecular weight is 616 g/mol. The van der Waals surface area contributed by atoms with Gasteiger partial charge in [-0.2, -0.15) is 17.6 Å². The number of aromatic hydroxyl groups is 4. The molecule has 4 aromatic carbocycles. The van der Waals surface area contributed by atoms with Gasteiger partial charge in [0.25, 0.3) is 0 Å². The van der Waals surface area contributed by atoms with Crippen LogP contribution in [0.3, 0.4) is 0 Å². The Morgan fingerprint density at radius 1 is 0.302 bits per heavy atom. The van der Waals surface area contributed by atoms with Gasteiger partial charge >= 0.3 is 56.6 Å². The first-order valence-corrected chi connectivity index (χ1v) is 9.37. The molecule has 0 amide bonds. The predicted molar refractivity (Wildman–Crippen MR) is 99.8 cm³/mol. The molecule has 0 unspecified atom stereocenters. The minimum Gasteiger partial charge on any atom is -0.907 e. The van der Waals surface area contributed by atoms with Gasteiger partial charge in [0.2, 0.25) is 23.3 Å². The zero-order valence-corrected chi connectivity index (χ0v) is 21.1. The van der Waals surface area contributed by atoms with Crippen molar-refractivity contribution in [3.05, 3.63) is 69.8 Å². The van der Waals surface area contributed by atoms with Crippen LogP contribution in [-0.2, 0) is 0 Å². The standard InChI is InChI=1S/2C10H2F6O2.BO3.3Li/c2*11-3-1-2(9(17)7(15)5(3)13)10(18)8(16)6(14)4(1)12;2-1(3)4;;;/h2*17-18H;;;;/q;;-3;3*+1. The van der Waals surface area contributed by atoms with Gasteiger partial charge in [-0.15, -0.1) is 0 Å². The van der Waals surface area contributed by atoms with Crippen LogP contribution in [0.15, 0.2) is 0 Å². The van der Waals surface area contributed by atoms with Crippen molar-refractivity contribution in [1.82, 2.24) is 0 Å². The second-order valence-electron chi connectivity index (χ2n) is 6.95. The van der Waals surface area contributed by atoms with Crippen molar-refractivity contribution >= 4 is 28.9 Å². The van der Waals surface area contributed by atoms with Crippen LogP contribution in [0, 0.1) is 69.8 Å². The molecular weight excluding hydrogens is 612 g/mol. The fourth-order valence-electron chi connectivity index (χ4n) is 3.01. The fraction of sp³-hybridized carbons (Fsp3) is 0. The van der Waals surface area contributed by atoms with Crippen LogP contribution in [0.25, 0.3) is 21.5 Å². The summed E-state index contributed by atoms with van der Waals surface area (Å²) in [6, 6.07) is 0. The van der Waals surface area contributed by atoms with E-state index in [-0.39, 0.29) is 56.6 Å². The Balaban J connectivity index is 0. The minimum atomic E-state index is -2.92. The molecule has 0 aliphatic carbocycles. The van der Waals surface area contributed by atoms with Gasteiger partial charge in [0.15, 0.2) is 69.5 Å². The molecule has 0 saturated carbocycles. The van der Waals surface area contributed by atoms with E-state index in [1.54, 1.807) is 0 Å². The normalized spacial score (nSPS) is 10.0. The summed E-state index contributed by atoms with van der Waals surface area (Å²) in [7, 11) is -2.92. The van der Waals surface area contributed by atoms with Crippen LogP contribution in [0.2, 0.25) is 0 Å². The van der Waals surface area contributed by atoms with E-state index in [1.165, 1.54) is 0 Å². The molecule has 0 aromatic heterocycles. The van der Waals surface area contributed by atoms with Crippen LogP contribution in [0.4, 0.5) is 52.7 Å². The summed E-state index contributed by atoms with van der Waals surface area (Å²) in [5, 5.41) is 55.7. The van der Waals surface area contributed by atoms with E-state index in [0.717, 1.165) is 0 Å². The fourth-order valence-corrected chi connectivity index (χ4v) is 3.01. The van der Waals surface area contributed by atoms with Gasteiger partial charge in [-0.25, -0.2) is 35.1 Å². The second-order valence-corrected chi connectivity index (χ2v) is 6.95. The third-order valence-corrected chi connectivity index (χ3v) is 4.70. The third kappa shape index (κ3) is 7.60. The molecule has 7 nitrogen and oxygen atoms in total.